The first-order valence-corrected chi connectivity index (χ1v) is 6.61. The molecule has 0 atom stereocenters. The minimum absolute atomic E-state index is 0.0741. The van der Waals surface area contributed by atoms with Gasteiger partial charge in [0.25, 0.3) is 0 Å². The number of hydrogen-bond donors (Lipinski definition) is 2. The Bertz CT molecular complexity index is 561. The molecule has 3 nitrogen and oxygen atoms in total. The Hall–Kier alpha value is -1.68. The molecule has 2 rings (SSSR count). The smallest absolute Gasteiger partial charge is 0.134 e. The fourth-order valence-electron chi connectivity index (χ4n) is 1.64. The average Bonchev–Trinajstić information content (AvgIpc) is 2.77. The number of nitrogens with zero attached hydrogens (tertiary/aromatic N) is 1. The van der Waals surface area contributed by atoms with Crippen molar-refractivity contribution in [2.45, 2.75) is 26.2 Å². The normalized spacial score (nSPS) is 11.5. The highest BCUT2D eigenvalue weighted by molar-refractivity contribution is 7.16. The summed E-state index contributed by atoms with van der Waals surface area (Å²) < 4.78 is 0. The van der Waals surface area contributed by atoms with Crippen LogP contribution in [0, 0.1) is 5.41 Å². The first kappa shape index (κ1) is 12.8. The van der Waals surface area contributed by atoms with Crippen LogP contribution in [0.1, 0.15) is 31.2 Å². The molecule has 3 N–H and O–H groups in total. The number of nitrogens with two attached hydrogens (primary N) is 1. The van der Waals surface area contributed by atoms with Crippen molar-refractivity contribution in [1.82, 2.24) is 4.98 Å². The molecule has 0 aliphatic carbocycles. The Labute approximate surface area is 111 Å². The lowest BCUT2D eigenvalue weighted by atomic mass is 9.87. The Balaban J connectivity index is 2.31. The summed E-state index contributed by atoms with van der Waals surface area (Å²) in [5.41, 5.74) is 7.97. The molecular weight excluding hydrogens is 242 g/mol. The van der Waals surface area contributed by atoms with E-state index in [0.717, 1.165) is 10.6 Å². The van der Waals surface area contributed by atoms with Gasteiger partial charge in [0, 0.05) is 11.8 Å². The van der Waals surface area contributed by atoms with Crippen LogP contribution in [-0.2, 0) is 5.41 Å². The maximum atomic E-state index is 7.38. The molecule has 0 saturated heterocycles. The van der Waals surface area contributed by atoms with Crippen molar-refractivity contribution in [2.24, 2.45) is 5.73 Å². The number of rotatable bonds is 2. The number of benzene rings is 1. The largest absolute Gasteiger partial charge is 0.383 e. The van der Waals surface area contributed by atoms with Crippen LogP contribution in [0.4, 0.5) is 0 Å². The molecule has 0 aliphatic heterocycles. The predicted molar refractivity (Wildman–Crippen MR) is 77.3 cm³/mol. The lowest BCUT2D eigenvalue weighted by Crippen LogP contribution is -2.10. The summed E-state index contributed by atoms with van der Waals surface area (Å²) in [6, 6.07) is 8.40. The van der Waals surface area contributed by atoms with Gasteiger partial charge in [0.2, 0.25) is 0 Å². The first-order chi connectivity index (χ1) is 8.38. The molecule has 4 heteroatoms. The van der Waals surface area contributed by atoms with E-state index < -0.39 is 0 Å². The van der Waals surface area contributed by atoms with E-state index in [0.29, 0.717) is 4.88 Å². The van der Waals surface area contributed by atoms with Crippen LogP contribution in [0.15, 0.2) is 30.5 Å². The van der Waals surface area contributed by atoms with Gasteiger partial charge in [0.15, 0.2) is 0 Å². The molecule has 0 amide bonds. The number of aromatic nitrogens is 1. The predicted octanol–water partition coefficient (Wildman–Crippen LogP) is 3.39. The van der Waals surface area contributed by atoms with Gasteiger partial charge in [0.05, 0.1) is 4.88 Å². The first-order valence-electron chi connectivity index (χ1n) is 5.79. The SMILES string of the molecule is CC(C)(C)c1ccc(-c2ncc(C(=N)N)s2)cc1. The Kier molecular flexibility index (Phi) is 3.22. The van der Waals surface area contributed by atoms with Gasteiger partial charge in [-0.05, 0) is 11.0 Å². The zero-order valence-electron chi connectivity index (χ0n) is 10.8. The van der Waals surface area contributed by atoms with Crippen LogP contribution in [0.2, 0.25) is 0 Å². The molecular formula is C14H17N3S. The van der Waals surface area contributed by atoms with Crippen molar-refractivity contribution in [1.29, 1.82) is 5.41 Å². The second-order valence-electron chi connectivity index (χ2n) is 5.27. The maximum Gasteiger partial charge on any atom is 0.134 e. The number of nitrogen functional groups attached to an aromatic ring is 1. The van der Waals surface area contributed by atoms with Crippen LogP contribution in [0.3, 0.4) is 0 Å². The quantitative estimate of drug-likeness (QED) is 0.641. The second kappa shape index (κ2) is 4.53. The molecule has 0 radical (unpaired) electrons. The van der Waals surface area contributed by atoms with Crippen LogP contribution in [0.5, 0.6) is 0 Å². The van der Waals surface area contributed by atoms with Crippen molar-refractivity contribution in [2.75, 3.05) is 0 Å². The number of thiazole rings is 1. The van der Waals surface area contributed by atoms with E-state index in [1.807, 2.05) is 0 Å². The van der Waals surface area contributed by atoms with Gasteiger partial charge in [-0.3, -0.25) is 5.41 Å². The highest BCUT2D eigenvalue weighted by Crippen LogP contribution is 2.28. The molecule has 0 saturated carbocycles. The minimum Gasteiger partial charge on any atom is -0.383 e. The summed E-state index contributed by atoms with van der Waals surface area (Å²) in [7, 11) is 0. The maximum absolute atomic E-state index is 7.38. The van der Waals surface area contributed by atoms with E-state index in [1.54, 1.807) is 6.20 Å². The highest BCUT2D eigenvalue weighted by atomic mass is 32.1. The Morgan fingerprint density at radius 3 is 2.28 bits per heavy atom. The molecule has 0 fully saturated rings. The Morgan fingerprint density at radius 1 is 1.22 bits per heavy atom. The highest BCUT2D eigenvalue weighted by Gasteiger charge is 2.13. The molecule has 0 aliphatic rings. The molecule has 0 bridgehead atoms. The van der Waals surface area contributed by atoms with E-state index in [1.165, 1.54) is 16.9 Å². The van der Waals surface area contributed by atoms with Gasteiger partial charge in [-0.25, -0.2) is 4.98 Å². The summed E-state index contributed by atoms with van der Waals surface area (Å²) in [5, 5.41) is 8.28. The fraction of sp³-hybridized carbons (Fsp3) is 0.286. The van der Waals surface area contributed by atoms with E-state index in [4.69, 9.17) is 11.1 Å². The van der Waals surface area contributed by atoms with Crippen molar-refractivity contribution in [3.63, 3.8) is 0 Å². The third kappa shape index (κ3) is 2.59. The number of nitrogens with one attached hydrogen (secondary N) is 1. The summed E-state index contributed by atoms with van der Waals surface area (Å²) in [4.78, 5) is 5.01. The summed E-state index contributed by atoms with van der Waals surface area (Å²) >= 11 is 1.45. The zero-order valence-corrected chi connectivity index (χ0v) is 11.6. The van der Waals surface area contributed by atoms with Gasteiger partial charge < -0.3 is 5.73 Å². The third-order valence-corrected chi connectivity index (χ3v) is 3.85. The Morgan fingerprint density at radius 2 is 1.83 bits per heavy atom. The molecule has 94 valence electrons. The van der Waals surface area contributed by atoms with Crippen molar-refractivity contribution < 1.29 is 0 Å². The van der Waals surface area contributed by atoms with Crippen LogP contribution in [-0.4, -0.2) is 10.8 Å². The van der Waals surface area contributed by atoms with E-state index >= 15 is 0 Å². The summed E-state index contributed by atoms with van der Waals surface area (Å²) in [5.74, 6) is 0.0741. The topological polar surface area (TPSA) is 62.8 Å². The van der Waals surface area contributed by atoms with Gasteiger partial charge in [0.1, 0.15) is 10.8 Å². The zero-order chi connectivity index (χ0) is 13.3. The lowest BCUT2D eigenvalue weighted by molar-refractivity contribution is 0.590. The van der Waals surface area contributed by atoms with E-state index in [9.17, 15) is 0 Å². The van der Waals surface area contributed by atoms with E-state index in [-0.39, 0.29) is 11.3 Å². The fourth-order valence-corrected chi connectivity index (χ4v) is 2.43. The van der Waals surface area contributed by atoms with Gasteiger partial charge in [-0.1, -0.05) is 45.0 Å². The molecule has 18 heavy (non-hydrogen) atoms. The third-order valence-electron chi connectivity index (χ3n) is 2.77. The van der Waals surface area contributed by atoms with Crippen molar-refractivity contribution in [3.8, 4) is 10.6 Å². The van der Waals surface area contributed by atoms with Gasteiger partial charge >= 0.3 is 0 Å². The van der Waals surface area contributed by atoms with Crippen LogP contribution in [0.25, 0.3) is 10.6 Å². The summed E-state index contributed by atoms with van der Waals surface area (Å²) in [6.45, 7) is 6.58. The second-order valence-corrected chi connectivity index (χ2v) is 6.30. The molecule has 1 aromatic heterocycles. The lowest BCUT2D eigenvalue weighted by Gasteiger charge is -2.18. The molecule has 1 heterocycles. The molecule has 1 aromatic carbocycles. The van der Waals surface area contributed by atoms with Crippen molar-refractivity contribution >= 4 is 17.2 Å². The summed E-state index contributed by atoms with van der Waals surface area (Å²) in [6.07, 6.45) is 1.65. The number of amidine groups is 1. The van der Waals surface area contributed by atoms with Crippen LogP contribution < -0.4 is 5.73 Å². The monoisotopic (exact) mass is 259 g/mol. The molecule has 2 aromatic rings. The number of hydrogen-bond acceptors (Lipinski definition) is 3. The molecule has 0 unspecified atom stereocenters. The standard InChI is InChI=1S/C14H17N3S/c1-14(2,3)10-6-4-9(5-7-10)13-17-8-11(18-13)12(15)16/h4-8H,1-3H3,(H3,15,16). The molecule has 0 spiro atoms. The van der Waals surface area contributed by atoms with Crippen LogP contribution >= 0.6 is 11.3 Å². The van der Waals surface area contributed by atoms with Gasteiger partial charge in [-0.2, -0.15) is 0 Å². The van der Waals surface area contributed by atoms with Gasteiger partial charge in [-0.15, -0.1) is 11.3 Å². The minimum atomic E-state index is 0.0741. The average molecular weight is 259 g/mol. The van der Waals surface area contributed by atoms with Crippen molar-refractivity contribution in [3.05, 3.63) is 40.9 Å². The van der Waals surface area contributed by atoms with E-state index in [2.05, 4.69) is 50.0 Å².